The highest BCUT2D eigenvalue weighted by Crippen LogP contribution is 2.32. The van der Waals surface area contributed by atoms with E-state index in [9.17, 15) is 13.9 Å². The molecule has 4 heterocycles. The van der Waals surface area contributed by atoms with Gasteiger partial charge in [-0.05, 0) is 32.8 Å². The molecule has 3 aromatic heterocycles. The first-order chi connectivity index (χ1) is 16.6. The molecule has 1 aliphatic rings. The lowest BCUT2D eigenvalue weighted by atomic mass is 9.97. The monoisotopic (exact) mass is 486 g/mol. The minimum Gasteiger partial charge on any atom is -0.458 e. The Balaban J connectivity index is 1.45. The van der Waals surface area contributed by atoms with Gasteiger partial charge in [0.05, 0.1) is 29.5 Å². The second-order valence-corrected chi connectivity index (χ2v) is 9.63. The summed E-state index contributed by atoms with van der Waals surface area (Å²) in [5, 5.41) is 19.4. The molecule has 10 nitrogen and oxygen atoms in total. The molecule has 1 fully saturated rings. The van der Waals surface area contributed by atoms with Gasteiger partial charge in [-0.2, -0.15) is 9.61 Å². The Hall–Kier alpha value is -3.54. The second-order valence-electron chi connectivity index (χ2n) is 9.63. The first-order valence-corrected chi connectivity index (χ1v) is 11.5. The molecule has 0 aliphatic carbocycles. The zero-order chi connectivity index (χ0) is 24.9. The lowest BCUT2D eigenvalue weighted by molar-refractivity contribution is 0.0577. The maximum absolute atomic E-state index is 14.6. The van der Waals surface area contributed by atoms with E-state index < -0.39 is 17.8 Å². The molecule has 0 radical (unpaired) electrons. The SMILES string of the molecule is CC(F)Oc1cc2nc(N)n3nc([C@@H]4CCCN(c5cnn(CC(C)(C)O)c5)C4)nc3c2cc1F. The summed E-state index contributed by atoms with van der Waals surface area (Å²) in [5.74, 6) is -0.241. The average Bonchev–Trinajstić information content (AvgIpc) is 3.42. The number of hydrogen-bond acceptors (Lipinski definition) is 8. The predicted molar refractivity (Wildman–Crippen MR) is 127 cm³/mol. The lowest BCUT2D eigenvalue weighted by Gasteiger charge is -2.32. The molecule has 2 atom stereocenters. The molecule has 5 rings (SSSR count). The van der Waals surface area contributed by atoms with Crippen LogP contribution in [0.5, 0.6) is 5.75 Å². The number of hydrogen-bond donors (Lipinski definition) is 2. The van der Waals surface area contributed by atoms with Crippen molar-refractivity contribution in [3.05, 3.63) is 36.2 Å². The molecule has 186 valence electrons. The van der Waals surface area contributed by atoms with Crippen molar-refractivity contribution < 1.29 is 18.6 Å². The summed E-state index contributed by atoms with van der Waals surface area (Å²) in [6.07, 6.45) is 3.87. The van der Waals surface area contributed by atoms with Crippen molar-refractivity contribution in [1.82, 2.24) is 29.4 Å². The summed E-state index contributed by atoms with van der Waals surface area (Å²) in [4.78, 5) is 11.2. The van der Waals surface area contributed by atoms with E-state index in [2.05, 4.69) is 20.1 Å². The van der Waals surface area contributed by atoms with Gasteiger partial charge < -0.3 is 20.5 Å². The van der Waals surface area contributed by atoms with Crippen LogP contribution in [0, 0.1) is 5.82 Å². The maximum atomic E-state index is 14.6. The van der Waals surface area contributed by atoms with Crippen LogP contribution < -0.4 is 15.4 Å². The summed E-state index contributed by atoms with van der Waals surface area (Å²) in [6, 6.07) is 2.54. The fourth-order valence-corrected chi connectivity index (χ4v) is 4.51. The van der Waals surface area contributed by atoms with Crippen molar-refractivity contribution in [2.24, 2.45) is 0 Å². The van der Waals surface area contributed by atoms with Crippen molar-refractivity contribution in [3.8, 4) is 5.75 Å². The predicted octanol–water partition coefficient (Wildman–Crippen LogP) is 3.04. The Labute approximate surface area is 200 Å². The lowest BCUT2D eigenvalue weighted by Crippen LogP contribution is -2.34. The minimum absolute atomic E-state index is 0.0237. The molecule has 0 saturated carbocycles. The topological polar surface area (TPSA) is 120 Å². The summed E-state index contributed by atoms with van der Waals surface area (Å²) in [7, 11) is 0. The molecule has 0 spiro atoms. The number of aliphatic hydroxyl groups is 1. The number of aromatic nitrogens is 6. The quantitative estimate of drug-likeness (QED) is 0.427. The van der Waals surface area contributed by atoms with Gasteiger partial charge in [0.15, 0.2) is 23.0 Å². The number of halogens is 2. The van der Waals surface area contributed by atoms with E-state index in [-0.39, 0.29) is 17.6 Å². The molecule has 1 unspecified atom stereocenters. The second kappa shape index (κ2) is 8.59. The number of nitrogen functional groups attached to an aromatic ring is 1. The fourth-order valence-electron chi connectivity index (χ4n) is 4.51. The molecular weight excluding hydrogens is 458 g/mol. The van der Waals surface area contributed by atoms with E-state index in [1.807, 2.05) is 6.20 Å². The number of fused-ring (bicyclic) bond motifs is 3. The van der Waals surface area contributed by atoms with Crippen LogP contribution in [0.25, 0.3) is 16.6 Å². The van der Waals surface area contributed by atoms with E-state index >= 15 is 0 Å². The molecule has 0 bridgehead atoms. The molecule has 4 aromatic rings. The molecular formula is C23H28F2N8O2. The van der Waals surface area contributed by atoms with Crippen molar-refractivity contribution in [1.29, 1.82) is 0 Å². The Morgan fingerprint density at radius 1 is 1.31 bits per heavy atom. The molecule has 12 heteroatoms. The smallest absolute Gasteiger partial charge is 0.235 e. The van der Waals surface area contributed by atoms with Gasteiger partial charge in [0.1, 0.15) is 0 Å². The maximum Gasteiger partial charge on any atom is 0.235 e. The van der Waals surface area contributed by atoms with Crippen LogP contribution in [0.4, 0.5) is 20.4 Å². The third kappa shape index (κ3) is 4.70. The normalized spacial score (nSPS) is 17.9. The Morgan fingerprint density at radius 3 is 2.86 bits per heavy atom. The molecule has 1 saturated heterocycles. The van der Waals surface area contributed by atoms with Crippen LogP contribution in [-0.4, -0.2) is 59.5 Å². The van der Waals surface area contributed by atoms with E-state index in [1.54, 1.807) is 24.7 Å². The number of rotatable bonds is 6. The summed E-state index contributed by atoms with van der Waals surface area (Å²) < 4.78 is 35.9. The molecule has 1 aliphatic heterocycles. The largest absolute Gasteiger partial charge is 0.458 e. The first kappa shape index (κ1) is 23.2. The first-order valence-electron chi connectivity index (χ1n) is 11.5. The van der Waals surface area contributed by atoms with Crippen LogP contribution in [0.1, 0.15) is 45.4 Å². The fraction of sp³-hybridized carbons (Fsp3) is 0.478. The average molecular weight is 487 g/mol. The zero-order valence-corrected chi connectivity index (χ0v) is 19.8. The van der Waals surface area contributed by atoms with Crippen molar-refractivity contribution in [2.75, 3.05) is 23.7 Å². The van der Waals surface area contributed by atoms with Crippen molar-refractivity contribution in [3.63, 3.8) is 0 Å². The van der Waals surface area contributed by atoms with Gasteiger partial charge in [0, 0.05) is 43.6 Å². The Kier molecular flexibility index (Phi) is 5.70. The minimum atomic E-state index is -1.67. The van der Waals surface area contributed by atoms with Crippen LogP contribution >= 0.6 is 0 Å². The molecule has 0 amide bonds. The highest BCUT2D eigenvalue weighted by Gasteiger charge is 2.27. The number of benzene rings is 1. The van der Waals surface area contributed by atoms with E-state index in [4.69, 9.17) is 15.5 Å². The number of nitrogens with two attached hydrogens (primary N) is 1. The number of piperidine rings is 1. The Morgan fingerprint density at radius 2 is 2.11 bits per heavy atom. The number of anilines is 2. The molecule has 35 heavy (non-hydrogen) atoms. The van der Waals surface area contributed by atoms with Crippen molar-refractivity contribution >= 4 is 28.2 Å². The van der Waals surface area contributed by atoms with Crippen LogP contribution in [0.15, 0.2) is 24.5 Å². The van der Waals surface area contributed by atoms with Crippen LogP contribution in [0.2, 0.25) is 0 Å². The van der Waals surface area contributed by atoms with Gasteiger partial charge in [-0.1, -0.05) is 0 Å². The summed E-state index contributed by atoms with van der Waals surface area (Å²) in [6.45, 7) is 6.59. The van der Waals surface area contributed by atoms with Gasteiger partial charge >= 0.3 is 0 Å². The third-order valence-electron chi connectivity index (χ3n) is 5.98. The van der Waals surface area contributed by atoms with E-state index in [1.165, 1.54) is 23.6 Å². The summed E-state index contributed by atoms with van der Waals surface area (Å²) >= 11 is 0. The van der Waals surface area contributed by atoms with E-state index in [0.29, 0.717) is 35.5 Å². The standard InChI is InChI=1S/C23H28F2N8O2/c1-13(24)35-19-8-18-16(7-17(19)25)21-29-20(30-33(21)22(26)28-18)14-5-4-6-31(10-14)15-9-27-32(11-15)12-23(2,3)34/h7-9,11,13-14,34H,4-6,10,12H2,1-3H3,(H2,26,28)/t13?,14-/m1/s1. The van der Waals surface area contributed by atoms with Gasteiger partial charge in [-0.15, -0.1) is 5.10 Å². The highest BCUT2D eigenvalue weighted by molar-refractivity contribution is 5.93. The number of alkyl halides is 1. The Bertz CT molecular complexity index is 1380. The van der Waals surface area contributed by atoms with Gasteiger partial charge in [0.2, 0.25) is 12.3 Å². The van der Waals surface area contributed by atoms with Crippen LogP contribution in [-0.2, 0) is 6.54 Å². The number of ether oxygens (including phenoxy) is 1. The number of nitrogens with zero attached hydrogens (tertiary/aromatic N) is 7. The van der Waals surface area contributed by atoms with Gasteiger partial charge in [-0.3, -0.25) is 4.68 Å². The van der Waals surface area contributed by atoms with Crippen LogP contribution in [0.3, 0.4) is 0 Å². The van der Waals surface area contributed by atoms with Crippen molar-refractivity contribution in [2.45, 2.75) is 58.0 Å². The van der Waals surface area contributed by atoms with Gasteiger partial charge in [0.25, 0.3) is 0 Å². The summed E-state index contributed by atoms with van der Waals surface area (Å²) in [5.41, 5.74) is 6.96. The van der Waals surface area contributed by atoms with Gasteiger partial charge in [-0.25, -0.2) is 18.7 Å². The van der Waals surface area contributed by atoms with E-state index in [0.717, 1.165) is 25.1 Å². The molecule has 3 N–H and O–H groups in total. The highest BCUT2D eigenvalue weighted by atomic mass is 19.1. The third-order valence-corrected chi connectivity index (χ3v) is 5.98. The zero-order valence-electron chi connectivity index (χ0n) is 19.8. The molecule has 1 aromatic carbocycles.